The van der Waals surface area contributed by atoms with Crippen LogP contribution in [0.4, 0.5) is 0 Å². The Labute approximate surface area is 89.7 Å². The first kappa shape index (κ1) is 10.5. The minimum atomic E-state index is -0.948. The Bertz CT molecular complexity index is 350. The molecule has 4 heteroatoms. The highest BCUT2D eigenvalue weighted by Gasteiger charge is 2.11. The summed E-state index contributed by atoms with van der Waals surface area (Å²) in [4.78, 5) is 10.8. The van der Waals surface area contributed by atoms with E-state index in [-0.39, 0.29) is 5.56 Å². The second-order valence-electron chi connectivity index (χ2n) is 2.70. The van der Waals surface area contributed by atoms with Gasteiger partial charge in [0.05, 0.1) is 5.56 Å². The van der Waals surface area contributed by atoms with Crippen molar-refractivity contribution < 1.29 is 9.90 Å². The van der Waals surface area contributed by atoms with Gasteiger partial charge in [-0.15, -0.1) is 0 Å². The van der Waals surface area contributed by atoms with Crippen LogP contribution in [0, 0.1) is 6.92 Å². The number of carboxylic acids is 1. The minimum absolute atomic E-state index is 0.257. The number of carbonyl (C=O) groups is 1. The lowest BCUT2D eigenvalue weighted by Crippen LogP contribution is -2.01. The zero-order valence-electron chi connectivity index (χ0n) is 6.97. The summed E-state index contributed by atoms with van der Waals surface area (Å²) in [6.07, 6.45) is 0. The van der Waals surface area contributed by atoms with Crippen molar-refractivity contribution in [1.29, 1.82) is 0 Å². The number of benzene rings is 1. The Kier molecular flexibility index (Phi) is 3.33. The topological polar surface area (TPSA) is 37.3 Å². The Morgan fingerprint density at radius 1 is 1.62 bits per heavy atom. The van der Waals surface area contributed by atoms with Crippen molar-refractivity contribution in [3.63, 3.8) is 0 Å². The molecule has 0 aliphatic rings. The highest BCUT2D eigenvalue weighted by atomic mass is 79.9. The van der Waals surface area contributed by atoms with Crippen LogP contribution in [0.5, 0.6) is 0 Å². The lowest BCUT2D eigenvalue weighted by atomic mass is 10.1. The fourth-order valence-corrected chi connectivity index (χ4v) is 1.68. The van der Waals surface area contributed by atoms with Gasteiger partial charge in [-0.3, -0.25) is 0 Å². The molecule has 1 aromatic carbocycles. The molecular weight excluding hydrogens is 255 g/mol. The van der Waals surface area contributed by atoms with Gasteiger partial charge >= 0.3 is 5.97 Å². The van der Waals surface area contributed by atoms with Gasteiger partial charge in [0.2, 0.25) is 0 Å². The molecule has 0 heterocycles. The molecule has 0 fully saturated rings. The maximum absolute atomic E-state index is 10.8. The van der Waals surface area contributed by atoms with Gasteiger partial charge < -0.3 is 5.11 Å². The van der Waals surface area contributed by atoms with Crippen molar-refractivity contribution >= 4 is 33.5 Å². The first-order valence-electron chi connectivity index (χ1n) is 3.64. The van der Waals surface area contributed by atoms with Gasteiger partial charge in [-0.1, -0.05) is 33.6 Å². The number of carboxylic acid groups (broad SMARTS) is 1. The van der Waals surface area contributed by atoms with E-state index in [1.165, 1.54) is 6.07 Å². The van der Waals surface area contributed by atoms with E-state index in [1.807, 2.05) is 6.92 Å². The zero-order valence-corrected chi connectivity index (χ0v) is 9.32. The second kappa shape index (κ2) is 4.11. The van der Waals surface area contributed by atoms with Crippen molar-refractivity contribution in [3.8, 4) is 0 Å². The lowest BCUT2D eigenvalue weighted by molar-refractivity contribution is 0.0696. The van der Waals surface area contributed by atoms with E-state index >= 15 is 0 Å². The van der Waals surface area contributed by atoms with Gasteiger partial charge in [0, 0.05) is 10.4 Å². The second-order valence-corrected chi connectivity index (χ2v) is 3.67. The Balaban J connectivity index is 3.33. The van der Waals surface area contributed by atoms with Crippen LogP contribution in [0.3, 0.4) is 0 Å². The molecule has 2 nitrogen and oxygen atoms in total. The predicted octanol–water partition coefficient (Wildman–Crippen LogP) is 3.24. The van der Waals surface area contributed by atoms with Crippen molar-refractivity contribution in [1.82, 2.24) is 0 Å². The number of alkyl halides is 1. The first-order chi connectivity index (χ1) is 6.06. The van der Waals surface area contributed by atoms with Crippen LogP contribution < -0.4 is 0 Å². The van der Waals surface area contributed by atoms with E-state index in [0.29, 0.717) is 10.4 Å². The highest BCUT2D eigenvalue weighted by molar-refractivity contribution is 9.08. The summed E-state index contributed by atoms with van der Waals surface area (Å²) in [5.41, 5.74) is 1.89. The van der Waals surface area contributed by atoms with Gasteiger partial charge in [-0.2, -0.15) is 0 Å². The zero-order chi connectivity index (χ0) is 10.0. The largest absolute Gasteiger partial charge is 0.478 e. The van der Waals surface area contributed by atoms with Crippen LogP contribution in [0.25, 0.3) is 0 Å². The summed E-state index contributed by atoms with van der Waals surface area (Å²) < 4.78 is 0. The lowest BCUT2D eigenvalue weighted by Gasteiger charge is -2.05. The van der Waals surface area contributed by atoms with Crippen molar-refractivity contribution in [3.05, 3.63) is 33.8 Å². The van der Waals surface area contributed by atoms with E-state index in [2.05, 4.69) is 15.9 Å². The van der Waals surface area contributed by atoms with Crippen LogP contribution in [0.2, 0.25) is 5.02 Å². The average molecular weight is 264 g/mol. The fraction of sp³-hybridized carbons (Fsp3) is 0.222. The smallest absolute Gasteiger partial charge is 0.336 e. The molecule has 0 aliphatic carbocycles. The third-order valence-corrected chi connectivity index (χ3v) is 2.77. The molecule has 0 atom stereocenters. The normalized spacial score (nSPS) is 10.1. The summed E-state index contributed by atoms with van der Waals surface area (Å²) in [7, 11) is 0. The first-order valence-corrected chi connectivity index (χ1v) is 5.14. The molecule has 1 aromatic rings. The molecule has 0 aromatic heterocycles. The van der Waals surface area contributed by atoms with E-state index in [4.69, 9.17) is 16.7 Å². The number of halogens is 2. The third-order valence-electron chi connectivity index (χ3n) is 1.76. The summed E-state index contributed by atoms with van der Waals surface area (Å²) in [5, 5.41) is 9.84. The molecule has 0 saturated carbocycles. The van der Waals surface area contributed by atoms with E-state index in [1.54, 1.807) is 6.07 Å². The van der Waals surface area contributed by atoms with Gasteiger partial charge in [0.1, 0.15) is 0 Å². The number of hydrogen-bond donors (Lipinski definition) is 1. The van der Waals surface area contributed by atoms with E-state index in [9.17, 15) is 4.79 Å². The summed E-state index contributed by atoms with van der Waals surface area (Å²) >= 11 is 9.04. The summed E-state index contributed by atoms with van der Waals surface area (Å²) in [6.45, 7) is 1.85. The Morgan fingerprint density at radius 3 is 2.69 bits per heavy atom. The molecule has 0 aliphatic heterocycles. The van der Waals surface area contributed by atoms with Crippen molar-refractivity contribution in [2.75, 3.05) is 0 Å². The van der Waals surface area contributed by atoms with E-state index < -0.39 is 5.97 Å². The Hall–Kier alpha value is -0.540. The molecule has 0 radical (unpaired) electrons. The van der Waals surface area contributed by atoms with Gasteiger partial charge in [-0.05, 0) is 24.1 Å². The quantitative estimate of drug-likeness (QED) is 0.832. The molecular formula is C9H8BrClO2. The standard InChI is InChI=1S/C9H8BrClO2/c1-5-2-6(4-10)7(9(12)13)3-8(5)11/h2-3H,4H2,1H3,(H,12,13). The molecule has 0 saturated heterocycles. The SMILES string of the molecule is Cc1cc(CBr)c(C(=O)O)cc1Cl. The predicted molar refractivity (Wildman–Crippen MR) is 55.8 cm³/mol. The fourth-order valence-electron chi connectivity index (χ4n) is 1.05. The van der Waals surface area contributed by atoms with Crippen molar-refractivity contribution in [2.45, 2.75) is 12.3 Å². The van der Waals surface area contributed by atoms with Gasteiger partial charge in [-0.25, -0.2) is 4.79 Å². The molecule has 70 valence electrons. The minimum Gasteiger partial charge on any atom is -0.478 e. The highest BCUT2D eigenvalue weighted by Crippen LogP contribution is 2.22. The van der Waals surface area contributed by atoms with Crippen molar-refractivity contribution in [2.24, 2.45) is 0 Å². The molecule has 13 heavy (non-hydrogen) atoms. The molecule has 0 amide bonds. The van der Waals surface area contributed by atoms with E-state index in [0.717, 1.165) is 11.1 Å². The molecule has 1 rings (SSSR count). The summed E-state index contributed by atoms with van der Waals surface area (Å²) in [6, 6.07) is 3.26. The van der Waals surface area contributed by atoms with Crippen LogP contribution in [-0.2, 0) is 5.33 Å². The maximum atomic E-state index is 10.8. The third kappa shape index (κ3) is 2.23. The number of aryl methyl sites for hydroxylation is 1. The van der Waals surface area contributed by atoms with Crippen LogP contribution in [0.15, 0.2) is 12.1 Å². The molecule has 0 spiro atoms. The van der Waals surface area contributed by atoms with Crippen LogP contribution >= 0.6 is 27.5 Å². The van der Waals surface area contributed by atoms with Gasteiger partial charge in [0.15, 0.2) is 0 Å². The number of aromatic carboxylic acids is 1. The number of rotatable bonds is 2. The van der Waals surface area contributed by atoms with Crippen LogP contribution in [-0.4, -0.2) is 11.1 Å². The van der Waals surface area contributed by atoms with Gasteiger partial charge in [0.25, 0.3) is 0 Å². The monoisotopic (exact) mass is 262 g/mol. The number of hydrogen-bond acceptors (Lipinski definition) is 1. The maximum Gasteiger partial charge on any atom is 0.336 e. The molecule has 0 unspecified atom stereocenters. The molecule has 0 bridgehead atoms. The average Bonchev–Trinajstić information content (AvgIpc) is 2.08. The van der Waals surface area contributed by atoms with Crippen LogP contribution in [0.1, 0.15) is 21.5 Å². The Morgan fingerprint density at radius 2 is 2.23 bits per heavy atom. The molecule has 1 N–H and O–H groups in total. The summed E-state index contributed by atoms with van der Waals surface area (Å²) in [5.74, 6) is -0.948.